The number of rotatable bonds is 15. The van der Waals surface area contributed by atoms with Crippen LogP contribution in [0.1, 0.15) is 141 Å². The van der Waals surface area contributed by atoms with Crippen molar-refractivity contribution in [1.29, 1.82) is 0 Å². The topological polar surface area (TPSA) is 0 Å². The highest BCUT2D eigenvalue weighted by molar-refractivity contribution is 5.73. The molecule has 0 spiro atoms. The molecule has 0 heterocycles. The molecule has 0 nitrogen and oxygen atoms in total. The van der Waals surface area contributed by atoms with E-state index in [1.165, 1.54) is 138 Å². The van der Waals surface area contributed by atoms with Gasteiger partial charge in [0, 0.05) is 0 Å². The minimum Gasteiger partial charge on any atom is -0.0804 e. The van der Waals surface area contributed by atoms with Crippen molar-refractivity contribution in [2.45, 2.75) is 129 Å². The molecule has 0 aromatic heterocycles. The van der Waals surface area contributed by atoms with Crippen LogP contribution >= 0.6 is 0 Å². The predicted octanol–water partition coefficient (Wildman–Crippen LogP) is 12.4. The molecule has 2 atom stereocenters. The summed E-state index contributed by atoms with van der Waals surface area (Å²) in [5, 5.41) is 0. The lowest BCUT2D eigenvalue weighted by Gasteiger charge is -2.22. The zero-order valence-electron chi connectivity index (χ0n) is 24.7. The van der Waals surface area contributed by atoms with Gasteiger partial charge in [0.25, 0.3) is 0 Å². The molecule has 0 bridgehead atoms. The largest absolute Gasteiger partial charge is 0.0804 e. The molecule has 2 aromatic carbocycles. The van der Waals surface area contributed by atoms with Gasteiger partial charge in [-0.1, -0.05) is 152 Å². The first-order valence-corrected chi connectivity index (χ1v) is 16.4. The van der Waals surface area contributed by atoms with Gasteiger partial charge in [-0.15, -0.1) is 0 Å². The van der Waals surface area contributed by atoms with Gasteiger partial charge in [0.05, 0.1) is 0 Å². The molecule has 38 heavy (non-hydrogen) atoms. The molecule has 2 aliphatic rings. The van der Waals surface area contributed by atoms with Crippen LogP contribution in [0.3, 0.4) is 0 Å². The van der Waals surface area contributed by atoms with Crippen molar-refractivity contribution in [3.8, 4) is 11.1 Å². The molecule has 0 saturated carbocycles. The number of unbranched alkanes of at least 4 members (excludes halogenated alkanes) is 8. The van der Waals surface area contributed by atoms with Crippen molar-refractivity contribution in [3.05, 3.63) is 71.8 Å². The maximum absolute atomic E-state index is 2.55. The molecule has 0 aliphatic heterocycles. The Bertz CT molecular complexity index is 987. The van der Waals surface area contributed by atoms with Gasteiger partial charge in [0.2, 0.25) is 0 Å². The SMILES string of the molecule is CCCCCCCCCCC1CC=C(c2ccc(-c3ccc(C4=CCC(CCCC)CC4)cc3)cc2)CC1. The standard InChI is InChI=1S/C38H54/c1-3-5-7-8-9-10-11-12-14-32-17-21-34(22-18-32)36-25-29-38(30-26-36)37-27-23-35(24-28-37)33-19-15-31(16-20-33)13-6-4-2/h19,21,23-32H,3-18,20,22H2,1-2H3. The van der Waals surface area contributed by atoms with Crippen molar-refractivity contribution >= 4 is 11.1 Å². The summed E-state index contributed by atoms with van der Waals surface area (Å²) in [6, 6.07) is 18.7. The van der Waals surface area contributed by atoms with Gasteiger partial charge in [-0.3, -0.25) is 0 Å². The Balaban J connectivity index is 1.21. The van der Waals surface area contributed by atoms with Gasteiger partial charge in [-0.25, -0.2) is 0 Å². The first-order valence-electron chi connectivity index (χ1n) is 16.4. The third-order valence-electron chi connectivity index (χ3n) is 9.32. The van der Waals surface area contributed by atoms with E-state index in [0.717, 1.165) is 11.8 Å². The van der Waals surface area contributed by atoms with Gasteiger partial charge in [0.15, 0.2) is 0 Å². The summed E-state index contributed by atoms with van der Waals surface area (Å²) >= 11 is 0. The molecule has 0 N–H and O–H groups in total. The van der Waals surface area contributed by atoms with Crippen LogP contribution in [0, 0.1) is 11.8 Å². The van der Waals surface area contributed by atoms with Crippen LogP contribution in [0.4, 0.5) is 0 Å². The first kappa shape index (κ1) is 28.9. The molecular formula is C38H54. The fraction of sp³-hybridized carbons (Fsp3) is 0.579. The molecule has 2 aliphatic carbocycles. The molecule has 0 saturated heterocycles. The third kappa shape index (κ3) is 9.00. The molecule has 206 valence electrons. The minimum absolute atomic E-state index is 0.913. The first-order chi connectivity index (χ1) is 18.8. The van der Waals surface area contributed by atoms with Gasteiger partial charge in [-0.05, 0) is 83.8 Å². The van der Waals surface area contributed by atoms with Crippen molar-refractivity contribution in [2.75, 3.05) is 0 Å². The van der Waals surface area contributed by atoms with Crippen LogP contribution in [0.15, 0.2) is 60.7 Å². The van der Waals surface area contributed by atoms with E-state index >= 15 is 0 Å². The van der Waals surface area contributed by atoms with E-state index in [0.29, 0.717) is 0 Å². The van der Waals surface area contributed by atoms with Gasteiger partial charge >= 0.3 is 0 Å². The zero-order valence-corrected chi connectivity index (χ0v) is 24.7. The Morgan fingerprint density at radius 3 is 1.29 bits per heavy atom. The molecular weight excluding hydrogens is 456 g/mol. The lowest BCUT2D eigenvalue weighted by molar-refractivity contribution is 0.422. The van der Waals surface area contributed by atoms with Crippen LogP contribution in [0.25, 0.3) is 22.3 Å². The summed E-state index contributed by atoms with van der Waals surface area (Å²) in [5.74, 6) is 1.83. The lowest BCUT2D eigenvalue weighted by Crippen LogP contribution is -2.05. The molecule has 0 fully saturated rings. The second-order valence-corrected chi connectivity index (χ2v) is 12.3. The van der Waals surface area contributed by atoms with E-state index in [1.54, 1.807) is 11.1 Å². The maximum atomic E-state index is 2.55. The lowest BCUT2D eigenvalue weighted by atomic mass is 9.83. The summed E-state index contributed by atoms with van der Waals surface area (Å²) in [6.45, 7) is 4.61. The highest BCUT2D eigenvalue weighted by atomic mass is 14.2. The summed E-state index contributed by atoms with van der Waals surface area (Å²) in [6.07, 6.45) is 29.9. The van der Waals surface area contributed by atoms with Crippen LogP contribution < -0.4 is 0 Å². The number of hydrogen-bond donors (Lipinski definition) is 0. The number of benzene rings is 2. The Kier molecular flexibility index (Phi) is 12.3. The zero-order chi connectivity index (χ0) is 26.4. The van der Waals surface area contributed by atoms with Crippen LogP contribution in [0.2, 0.25) is 0 Å². The smallest absolute Gasteiger partial charge is 0.0184 e. The summed E-state index contributed by atoms with van der Waals surface area (Å²) in [4.78, 5) is 0. The van der Waals surface area contributed by atoms with E-state index in [1.807, 2.05) is 0 Å². The number of allylic oxidation sites excluding steroid dienone is 4. The van der Waals surface area contributed by atoms with Crippen LogP contribution in [-0.4, -0.2) is 0 Å². The van der Waals surface area contributed by atoms with E-state index in [4.69, 9.17) is 0 Å². The van der Waals surface area contributed by atoms with Crippen molar-refractivity contribution in [2.24, 2.45) is 11.8 Å². The fourth-order valence-corrected chi connectivity index (χ4v) is 6.64. The molecule has 2 aromatic rings. The average molecular weight is 511 g/mol. The highest BCUT2D eigenvalue weighted by Gasteiger charge is 2.16. The van der Waals surface area contributed by atoms with Crippen molar-refractivity contribution in [1.82, 2.24) is 0 Å². The summed E-state index contributed by atoms with van der Waals surface area (Å²) in [5.41, 5.74) is 8.65. The quantitative estimate of drug-likeness (QED) is 0.209. The Morgan fingerprint density at radius 2 is 0.868 bits per heavy atom. The van der Waals surface area contributed by atoms with E-state index < -0.39 is 0 Å². The Labute approximate surface area is 235 Å². The normalized spacial score (nSPS) is 19.7. The molecule has 0 radical (unpaired) electrons. The van der Waals surface area contributed by atoms with E-state index in [2.05, 4.69) is 74.5 Å². The van der Waals surface area contributed by atoms with E-state index in [-0.39, 0.29) is 0 Å². The van der Waals surface area contributed by atoms with Gasteiger partial charge in [-0.2, -0.15) is 0 Å². The van der Waals surface area contributed by atoms with Crippen LogP contribution in [0.5, 0.6) is 0 Å². The molecule has 2 unspecified atom stereocenters. The minimum atomic E-state index is 0.913. The number of hydrogen-bond acceptors (Lipinski definition) is 0. The average Bonchev–Trinajstić information content (AvgIpc) is 2.98. The van der Waals surface area contributed by atoms with Crippen molar-refractivity contribution < 1.29 is 0 Å². The molecule has 0 amide bonds. The Hall–Kier alpha value is -2.08. The van der Waals surface area contributed by atoms with Gasteiger partial charge in [0.1, 0.15) is 0 Å². The van der Waals surface area contributed by atoms with Gasteiger partial charge < -0.3 is 0 Å². The molecule has 4 rings (SSSR count). The van der Waals surface area contributed by atoms with Crippen molar-refractivity contribution in [3.63, 3.8) is 0 Å². The monoisotopic (exact) mass is 510 g/mol. The summed E-state index contributed by atoms with van der Waals surface area (Å²) in [7, 11) is 0. The highest BCUT2D eigenvalue weighted by Crippen LogP contribution is 2.35. The predicted molar refractivity (Wildman–Crippen MR) is 169 cm³/mol. The van der Waals surface area contributed by atoms with E-state index in [9.17, 15) is 0 Å². The maximum Gasteiger partial charge on any atom is -0.0184 e. The second-order valence-electron chi connectivity index (χ2n) is 12.3. The second kappa shape index (κ2) is 16.1. The van der Waals surface area contributed by atoms with Crippen LogP contribution in [-0.2, 0) is 0 Å². The Morgan fingerprint density at radius 1 is 0.474 bits per heavy atom. The third-order valence-corrected chi connectivity index (χ3v) is 9.32. The molecule has 0 heteroatoms. The summed E-state index contributed by atoms with van der Waals surface area (Å²) < 4.78 is 0. The fourth-order valence-electron chi connectivity index (χ4n) is 6.64.